The molecule has 0 atom stereocenters. The van der Waals surface area contributed by atoms with Gasteiger partial charge in [0.15, 0.2) is 0 Å². The molecule has 2 aromatic rings. The summed E-state index contributed by atoms with van der Waals surface area (Å²) in [6.45, 7) is 1.64. The van der Waals surface area contributed by atoms with Crippen molar-refractivity contribution in [2.75, 3.05) is 7.11 Å². The second-order valence-corrected chi connectivity index (χ2v) is 4.57. The molecule has 0 heterocycles. The number of benzene rings is 2. The standard InChI is InChI=1S/C16H16N2O4/c1-10(14-7-6-12(19)9-15(14)20)17-18-16(21)11-4-3-5-13(8-11)22-2/h3-9,19-20H,1-2H3,(H,18,21)/b17-10-. The first-order chi connectivity index (χ1) is 10.5. The third-order valence-corrected chi connectivity index (χ3v) is 3.03. The molecular formula is C16H16N2O4. The van der Waals surface area contributed by atoms with Crippen molar-refractivity contribution in [3.05, 3.63) is 53.6 Å². The molecule has 114 valence electrons. The first-order valence-electron chi connectivity index (χ1n) is 6.52. The molecule has 0 aliphatic carbocycles. The summed E-state index contributed by atoms with van der Waals surface area (Å²) in [6, 6.07) is 10.8. The number of phenols is 2. The number of nitrogens with zero attached hydrogens (tertiary/aromatic N) is 1. The van der Waals surface area contributed by atoms with Gasteiger partial charge >= 0.3 is 0 Å². The molecule has 0 saturated heterocycles. The highest BCUT2D eigenvalue weighted by atomic mass is 16.5. The third kappa shape index (κ3) is 3.54. The maximum absolute atomic E-state index is 12.0. The monoisotopic (exact) mass is 300 g/mol. The number of methoxy groups -OCH3 is 1. The van der Waals surface area contributed by atoms with E-state index in [1.807, 2.05) is 0 Å². The van der Waals surface area contributed by atoms with Crippen molar-refractivity contribution in [2.24, 2.45) is 5.10 Å². The van der Waals surface area contributed by atoms with Crippen LogP contribution < -0.4 is 10.2 Å². The van der Waals surface area contributed by atoms with Gasteiger partial charge in [-0.25, -0.2) is 5.43 Å². The van der Waals surface area contributed by atoms with Gasteiger partial charge in [-0.2, -0.15) is 5.10 Å². The van der Waals surface area contributed by atoms with Gasteiger partial charge in [0.05, 0.1) is 12.8 Å². The number of ether oxygens (including phenoxy) is 1. The fraction of sp³-hybridized carbons (Fsp3) is 0.125. The highest BCUT2D eigenvalue weighted by Gasteiger charge is 2.08. The van der Waals surface area contributed by atoms with E-state index in [-0.39, 0.29) is 11.5 Å². The number of nitrogens with one attached hydrogen (secondary N) is 1. The number of hydrogen-bond acceptors (Lipinski definition) is 5. The summed E-state index contributed by atoms with van der Waals surface area (Å²) >= 11 is 0. The molecule has 6 nitrogen and oxygen atoms in total. The Labute approximate surface area is 127 Å². The molecule has 2 aromatic carbocycles. The first-order valence-corrected chi connectivity index (χ1v) is 6.52. The number of carbonyl (C=O) groups is 1. The Kier molecular flexibility index (Phi) is 4.63. The fourth-order valence-electron chi connectivity index (χ4n) is 1.85. The highest BCUT2D eigenvalue weighted by molar-refractivity contribution is 6.02. The molecular weight excluding hydrogens is 284 g/mol. The van der Waals surface area contributed by atoms with E-state index < -0.39 is 5.91 Å². The van der Waals surface area contributed by atoms with Crippen LogP contribution in [0.1, 0.15) is 22.8 Å². The molecule has 0 unspecified atom stereocenters. The van der Waals surface area contributed by atoms with E-state index >= 15 is 0 Å². The Bertz CT molecular complexity index is 726. The minimum atomic E-state index is -0.392. The molecule has 0 aliphatic heterocycles. The van der Waals surface area contributed by atoms with Gasteiger partial charge in [0.25, 0.3) is 5.91 Å². The maximum Gasteiger partial charge on any atom is 0.271 e. The minimum absolute atomic E-state index is 0.0468. The second-order valence-electron chi connectivity index (χ2n) is 4.57. The minimum Gasteiger partial charge on any atom is -0.508 e. The Balaban J connectivity index is 2.14. The molecule has 0 bridgehead atoms. The lowest BCUT2D eigenvalue weighted by atomic mass is 10.1. The smallest absolute Gasteiger partial charge is 0.271 e. The van der Waals surface area contributed by atoms with Crippen LogP contribution in [0.4, 0.5) is 0 Å². The van der Waals surface area contributed by atoms with Crippen molar-refractivity contribution in [1.29, 1.82) is 0 Å². The average molecular weight is 300 g/mol. The van der Waals surface area contributed by atoms with Crippen molar-refractivity contribution in [2.45, 2.75) is 6.92 Å². The zero-order valence-electron chi connectivity index (χ0n) is 12.2. The summed E-state index contributed by atoms with van der Waals surface area (Å²) in [4.78, 5) is 12.0. The van der Waals surface area contributed by atoms with Crippen molar-refractivity contribution >= 4 is 11.6 Å². The van der Waals surface area contributed by atoms with Crippen molar-refractivity contribution < 1.29 is 19.7 Å². The van der Waals surface area contributed by atoms with E-state index in [1.165, 1.54) is 25.3 Å². The quantitative estimate of drug-likeness (QED) is 0.596. The van der Waals surface area contributed by atoms with Crippen molar-refractivity contribution in [1.82, 2.24) is 5.43 Å². The Morgan fingerprint density at radius 3 is 2.64 bits per heavy atom. The number of carbonyl (C=O) groups excluding carboxylic acids is 1. The van der Waals surface area contributed by atoms with Gasteiger partial charge in [0.2, 0.25) is 0 Å². The molecule has 22 heavy (non-hydrogen) atoms. The summed E-state index contributed by atoms with van der Waals surface area (Å²) < 4.78 is 5.05. The summed E-state index contributed by atoms with van der Waals surface area (Å²) in [5.74, 6) is 0.0207. The number of rotatable bonds is 4. The number of aromatic hydroxyl groups is 2. The maximum atomic E-state index is 12.0. The van der Waals surface area contributed by atoms with Gasteiger partial charge < -0.3 is 14.9 Å². The van der Waals surface area contributed by atoms with Crippen LogP contribution in [-0.2, 0) is 0 Å². The van der Waals surface area contributed by atoms with E-state index in [0.29, 0.717) is 22.6 Å². The molecule has 0 aliphatic rings. The number of amides is 1. The van der Waals surface area contributed by atoms with E-state index in [9.17, 15) is 15.0 Å². The lowest BCUT2D eigenvalue weighted by Crippen LogP contribution is -2.19. The molecule has 2 rings (SSSR count). The lowest BCUT2D eigenvalue weighted by molar-refractivity contribution is 0.0954. The van der Waals surface area contributed by atoms with E-state index in [0.717, 1.165) is 0 Å². The molecule has 6 heteroatoms. The van der Waals surface area contributed by atoms with Crippen LogP contribution in [-0.4, -0.2) is 28.9 Å². The summed E-state index contributed by atoms with van der Waals surface area (Å²) in [5, 5.41) is 22.9. The molecule has 3 N–H and O–H groups in total. The predicted octanol–water partition coefficient (Wildman–Crippen LogP) is 2.26. The van der Waals surface area contributed by atoms with Crippen LogP contribution >= 0.6 is 0 Å². The highest BCUT2D eigenvalue weighted by Crippen LogP contribution is 2.23. The van der Waals surface area contributed by atoms with Gasteiger partial charge in [-0.3, -0.25) is 4.79 Å². The van der Waals surface area contributed by atoms with Gasteiger partial charge in [-0.15, -0.1) is 0 Å². The van der Waals surface area contributed by atoms with Crippen LogP contribution in [0.15, 0.2) is 47.6 Å². The fourth-order valence-corrected chi connectivity index (χ4v) is 1.85. The molecule has 0 spiro atoms. The summed E-state index contributed by atoms with van der Waals surface area (Å²) in [7, 11) is 1.52. The van der Waals surface area contributed by atoms with Gasteiger partial charge in [0, 0.05) is 17.2 Å². The molecule has 0 fully saturated rings. The first kappa shape index (κ1) is 15.4. The normalized spacial score (nSPS) is 11.1. The van der Waals surface area contributed by atoms with Gasteiger partial charge in [-0.05, 0) is 37.3 Å². The topological polar surface area (TPSA) is 91.2 Å². The zero-order chi connectivity index (χ0) is 16.1. The van der Waals surface area contributed by atoms with Crippen LogP contribution in [0.25, 0.3) is 0 Å². The molecule has 0 radical (unpaired) electrons. The molecule has 1 amide bonds. The Morgan fingerprint density at radius 1 is 1.18 bits per heavy atom. The number of phenolic OH excluding ortho intramolecular Hbond substituents is 2. The van der Waals surface area contributed by atoms with Crippen LogP contribution in [0, 0.1) is 0 Å². The average Bonchev–Trinajstić information content (AvgIpc) is 2.52. The predicted molar refractivity (Wildman–Crippen MR) is 82.4 cm³/mol. The second kappa shape index (κ2) is 6.62. The summed E-state index contributed by atoms with van der Waals surface area (Å²) in [6.07, 6.45) is 0. The largest absolute Gasteiger partial charge is 0.508 e. The SMILES string of the molecule is COc1cccc(C(=O)N/N=C(/C)c2ccc(O)cc2O)c1. The third-order valence-electron chi connectivity index (χ3n) is 3.03. The molecule has 0 aromatic heterocycles. The molecule has 0 saturated carbocycles. The van der Waals surface area contributed by atoms with Crippen LogP contribution in [0.3, 0.4) is 0 Å². The van der Waals surface area contributed by atoms with E-state index in [1.54, 1.807) is 31.2 Å². The van der Waals surface area contributed by atoms with E-state index in [2.05, 4.69) is 10.5 Å². The van der Waals surface area contributed by atoms with Crippen LogP contribution in [0.5, 0.6) is 17.2 Å². The van der Waals surface area contributed by atoms with Crippen molar-refractivity contribution in [3.63, 3.8) is 0 Å². The van der Waals surface area contributed by atoms with Crippen LogP contribution in [0.2, 0.25) is 0 Å². The number of hydrogen-bond donors (Lipinski definition) is 3. The van der Waals surface area contributed by atoms with E-state index in [4.69, 9.17) is 4.74 Å². The van der Waals surface area contributed by atoms with Crippen molar-refractivity contribution in [3.8, 4) is 17.2 Å². The Hall–Kier alpha value is -3.02. The zero-order valence-corrected chi connectivity index (χ0v) is 12.2. The summed E-state index contributed by atoms with van der Waals surface area (Å²) in [5.41, 5.74) is 3.65. The Morgan fingerprint density at radius 2 is 1.95 bits per heavy atom. The van der Waals surface area contributed by atoms with Gasteiger partial charge in [-0.1, -0.05) is 6.07 Å². The number of hydrazone groups is 1. The van der Waals surface area contributed by atoms with Gasteiger partial charge in [0.1, 0.15) is 17.2 Å². The lowest BCUT2D eigenvalue weighted by Gasteiger charge is -2.06.